The van der Waals surface area contributed by atoms with Crippen molar-refractivity contribution in [3.05, 3.63) is 41.0 Å². The Morgan fingerprint density at radius 1 is 1.37 bits per heavy atom. The number of H-pyrrole nitrogens is 1. The van der Waals surface area contributed by atoms with Crippen molar-refractivity contribution in [1.29, 1.82) is 0 Å². The van der Waals surface area contributed by atoms with E-state index in [1.807, 2.05) is 30.3 Å². The molecule has 0 radical (unpaired) electrons. The first kappa shape index (κ1) is 17.9. The standard InChI is InChI=1S/C19H20BrN5O2/c20-13-10-15-19(22-11-13)24-18(23-15)12-3-5-14(6-4-12)27-9-8-25-7-1-2-16(25)17(21)26/h3-6,10-11,16H,1-2,7-9H2,(H2,21,26)(H,22,23,24)/t16-/m0/s1. The largest absolute Gasteiger partial charge is 0.492 e. The number of benzene rings is 1. The summed E-state index contributed by atoms with van der Waals surface area (Å²) in [4.78, 5) is 25.6. The van der Waals surface area contributed by atoms with Crippen LogP contribution in [0.4, 0.5) is 0 Å². The number of nitrogens with one attached hydrogen (secondary N) is 1. The van der Waals surface area contributed by atoms with E-state index in [-0.39, 0.29) is 11.9 Å². The molecule has 1 saturated heterocycles. The van der Waals surface area contributed by atoms with Crippen LogP contribution in [0.2, 0.25) is 0 Å². The van der Waals surface area contributed by atoms with Gasteiger partial charge in [-0.1, -0.05) is 0 Å². The molecule has 7 nitrogen and oxygen atoms in total. The quantitative estimate of drug-likeness (QED) is 0.627. The SMILES string of the molecule is NC(=O)[C@@H]1CCCN1CCOc1ccc(-c2nc3ncc(Br)cc3[nH]2)cc1. The molecule has 1 aromatic carbocycles. The normalized spacial score (nSPS) is 17.4. The lowest BCUT2D eigenvalue weighted by atomic mass is 10.2. The Bertz CT molecular complexity index is 956. The summed E-state index contributed by atoms with van der Waals surface area (Å²) in [5.74, 6) is 1.30. The van der Waals surface area contributed by atoms with Crippen LogP contribution in [-0.4, -0.2) is 51.5 Å². The molecule has 1 atom stereocenters. The van der Waals surface area contributed by atoms with Gasteiger partial charge in [0.05, 0.1) is 11.6 Å². The van der Waals surface area contributed by atoms with Crippen LogP contribution in [0.1, 0.15) is 12.8 Å². The van der Waals surface area contributed by atoms with Gasteiger partial charge in [0.2, 0.25) is 5.91 Å². The van der Waals surface area contributed by atoms with Gasteiger partial charge in [-0.25, -0.2) is 9.97 Å². The summed E-state index contributed by atoms with van der Waals surface area (Å²) >= 11 is 3.41. The van der Waals surface area contributed by atoms with Crippen LogP contribution in [0.5, 0.6) is 5.75 Å². The topological polar surface area (TPSA) is 97.1 Å². The lowest BCUT2D eigenvalue weighted by Crippen LogP contribution is -2.42. The van der Waals surface area contributed by atoms with Crippen molar-refractivity contribution in [1.82, 2.24) is 19.9 Å². The van der Waals surface area contributed by atoms with Crippen LogP contribution >= 0.6 is 15.9 Å². The highest BCUT2D eigenvalue weighted by atomic mass is 79.9. The van der Waals surface area contributed by atoms with Gasteiger partial charge in [0.25, 0.3) is 0 Å². The molecule has 2 aromatic heterocycles. The molecule has 0 bridgehead atoms. The van der Waals surface area contributed by atoms with Gasteiger partial charge in [-0.3, -0.25) is 9.69 Å². The van der Waals surface area contributed by atoms with Gasteiger partial charge in [0, 0.05) is 22.8 Å². The van der Waals surface area contributed by atoms with E-state index in [4.69, 9.17) is 10.5 Å². The van der Waals surface area contributed by atoms with Crippen LogP contribution in [-0.2, 0) is 4.79 Å². The molecule has 4 rings (SSSR count). The highest BCUT2D eigenvalue weighted by molar-refractivity contribution is 9.10. The smallest absolute Gasteiger partial charge is 0.234 e. The number of primary amides is 1. The number of carbonyl (C=O) groups excluding carboxylic acids is 1. The number of pyridine rings is 1. The van der Waals surface area contributed by atoms with Crippen molar-refractivity contribution in [2.45, 2.75) is 18.9 Å². The number of aromatic amines is 1. The molecular formula is C19H20BrN5O2. The third kappa shape index (κ3) is 3.96. The van der Waals surface area contributed by atoms with Gasteiger partial charge in [0.15, 0.2) is 5.65 Å². The molecule has 27 heavy (non-hydrogen) atoms. The van der Waals surface area contributed by atoms with E-state index >= 15 is 0 Å². The maximum Gasteiger partial charge on any atom is 0.234 e. The van der Waals surface area contributed by atoms with Crippen molar-refractivity contribution in [2.24, 2.45) is 5.73 Å². The van der Waals surface area contributed by atoms with Crippen molar-refractivity contribution in [3.8, 4) is 17.1 Å². The number of amides is 1. The first-order chi connectivity index (χ1) is 13.1. The van der Waals surface area contributed by atoms with Crippen molar-refractivity contribution in [3.63, 3.8) is 0 Å². The van der Waals surface area contributed by atoms with E-state index in [9.17, 15) is 4.79 Å². The van der Waals surface area contributed by atoms with Gasteiger partial charge in [-0.15, -0.1) is 0 Å². The number of rotatable bonds is 6. The van der Waals surface area contributed by atoms with Gasteiger partial charge in [-0.05, 0) is 65.6 Å². The van der Waals surface area contributed by atoms with Crippen LogP contribution in [0.15, 0.2) is 41.0 Å². The monoisotopic (exact) mass is 429 g/mol. The Hall–Kier alpha value is -2.45. The van der Waals surface area contributed by atoms with E-state index in [0.29, 0.717) is 18.8 Å². The minimum Gasteiger partial charge on any atom is -0.492 e. The summed E-state index contributed by atoms with van der Waals surface area (Å²) in [7, 11) is 0. The van der Waals surface area contributed by atoms with Gasteiger partial charge in [-0.2, -0.15) is 0 Å². The van der Waals surface area contributed by atoms with Crippen molar-refractivity contribution < 1.29 is 9.53 Å². The Morgan fingerprint density at radius 3 is 2.96 bits per heavy atom. The van der Waals surface area contributed by atoms with E-state index in [1.165, 1.54) is 0 Å². The molecule has 1 fully saturated rings. The second-order valence-electron chi connectivity index (χ2n) is 6.58. The fourth-order valence-corrected chi connectivity index (χ4v) is 3.75. The zero-order valence-electron chi connectivity index (χ0n) is 14.7. The highest BCUT2D eigenvalue weighted by Gasteiger charge is 2.28. The second-order valence-corrected chi connectivity index (χ2v) is 7.49. The fraction of sp³-hybridized carbons (Fsp3) is 0.316. The van der Waals surface area contributed by atoms with Gasteiger partial charge < -0.3 is 15.5 Å². The maximum atomic E-state index is 11.4. The number of nitrogens with two attached hydrogens (primary N) is 1. The van der Waals surface area contributed by atoms with Crippen LogP contribution in [0, 0.1) is 0 Å². The molecule has 1 amide bonds. The predicted molar refractivity (Wildman–Crippen MR) is 106 cm³/mol. The number of aromatic nitrogens is 3. The fourth-order valence-electron chi connectivity index (χ4n) is 3.42. The van der Waals surface area contributed by atoms with Crippen molar-refractivity contribution in [2.75, 3.05) is 19.7 Å². The van der Waals surface area contributed by atoms with E-state index in [0.717, 1.165) is 46.5 Å². The minimum atomic E-state index is -0.246. The number of nitrogens with zero attached hydrogens (tertiary/aromatic N) is 3. The Kier molecular flexibility index (Phi) is 5.09. The van der Waals surface area contributed by atoms with E-state index in [2.05, 4.69) is 35.8 Å². The van der Waals surface area contributed by atoms with E-state index in [1.54, 1.807) is 6.20 Å². The molecule has 0 spiro atoms. The van der Waals surface area contributed by atoms with Gasteiger partial charge in [0.1, 0.15) is 18.2 Å². The number of halogens is 1. The molecule has 3 heterocycles. The lowest BCUT2D eigenvalue weighted by Gasteiger charge is -2.21. The minimum absolute atomic E-state index is 0.155. The summed E-state index contributed by atoms with van der Waals surface area (Å²) in [5.41, 5.74) is 7.97. The number of imidazole rings is 1. The second kappa shape index (κ2) is 7.66. The molecule has 140 valence electrons. The lowest BCUT2D eigenvalue weighted by molar-refractivity contribution is -0.122. The number of hydrogen-bond donors (Lipinski definition) is 2. The molecule has 0 unspecified atom stereocenters. The summed E-state index contributed by atoms with van der Waals surface area (Å²) in [6.07, 6.45) is 3.57. The summed E-state index contributed by atoms with van der Waals surface area (Å²) in [6.45, 7) is 2.11. The third-order valence-corrected chi connectivity index (χ3v) is 5.20. The molecule has 3 aromatic rings. The number of ether oxygens (including phenoxy) is 1. The predicted octanol–water partition coefficient (Wildman–Crippen LogP) is 2.72. The van der Waals surface area contributed by atoms with Crippen LogP contribution in [0.3, 0.4) is 0 Å². The maximum absolute atomic E-state index is 11.4. The summed E-state index contributed by atoms with van der Waals surface area (Å²) < 4.78 is 6.73. The summed E-state index contributed by atoms with van der Waals surface area (Å²) in [6, 6.07) is 9.56. The molecule has 1 aliphatic heterocycles. The Morgan fingerprint density at radius 2 is 2.19 bits per heavy atom. The highest BCUT2D eigenvalue weighted by Crippen LogP contribution is 2.24. The van der Waals surface area contributed by atoms with Crippen LogP contribution in [0.25, 0.3) is 22.6 Å². The van der Waals surface area contributed by atoms with Crippen molar-refractivity contribution >= 4 is 33.0 Å². The molecular weight excluding hydrogens is 410 g/mol. The average Bonchev–Trinajstić information content (AvgIpc) is 3.28. The molecule has 8 heteroatoms. The number of fused-ring (bicyclic) bond motifs is 1. The third-order valence-electron chi connectivity index (χ3n) is 4.77. The molecule has 3 N–H and O–H groups in total. The zero-order chi connectivity index (χ0) is 18.8. The molecule has 0 aliphatic carbocycles. The van der Waals surface area contributed by atoms with Gasteiger partial charge >= 0.3 is 0 Å². The van der Waals surface area contributed by atoms with E-state index < -0.39 is 0 Å². The number of hydrogen-bond acceptors (Lipinski definition) is 5. The Balaban J connectivity index is 1.38. The first-order valence-corrected chi connectivity index (χ1v) is 9.67. The summed E-state index contributed by atoms with van der Waals surface area (Å²) in [5, 5.41) is 0. The zero-order valence-corrected chi connectivity index (χ0v) is 16.3. The number of likely N-dealkylation sites (tertiary alicyclic amines) is 1. The Labute approximate surface area is 165 Å². The molecule has 0 saturated carbocycles. The molecule has 1 aliphatic rings. The number of carbonyl (C=O) groups is 1. The van der Waals surface area contributed by atoms with Crippen LogP contribution < -0.4 is 10.5 Å². The average molecular weight is 430 g/mol. The first-order valence-electron chi connectivity index (χ1n) is 8.88.